The van der Waals surface area contributed by atoms with Gasteiger partial charge in [0.25, 0.3) is 5.91 Å². The summed E-state index contributed by atoms with van der Waals surface area (Å²) in [6.45, 7) is 5.84. The SMILES string of the molecule is COc1ccc([C@H](CC(=O)O)NC(=O)[C@@H](CC(C)C)N2C(=O)N(Cc3ccc(NC(=O)Nc4ccccc4C)cc3)C3(CCCCC3)C2=O)cc1OC. The third kappa shape index (κ3) is 8.73. The number of para-hydroxylation sites is 1. The molecule has 1 aliphatic carbocycles. The van der Waals surface area contributed by atoms with Crippen molar-refractivity contribution in [1.82, 2.24) is 15.1 Å². The minimum Gasteiger partial charge on any atom is -0.493 e. The minimum atomic E-state index is -1.17. The molecule has 2 aliphatic rings. The van der Waals surface area contributed by atoms with Gasteiger partial charge >= 0.3 is 18.0 Å². The first-order chi connectivity index (χ1) is 25.4. The van der Waals surface area contributed by atoms with Crippen molar-refractivity contribution in [2.75, 3.05) is 24.9 Å². The number of rotatable bonds is 14. The molecule has 53 heavy (non-hydrogen) atoms. The molecule has 13 heteroatoms. The summed E-state index contributed by atoms with van der Waals surface area (Å²) in [4.78, 5) is 70.6. The number of methoxy groups -OCH3 is 2. The molecule has 0 radical (unpaired) electrons. The highest BCUT2D eigenvalue weighted by atomic mass is 16.5. The van der Waals surface area contributed by atoms with E-state index in [1.54, 1.807) is 47.4 Å². The molecule has 1 saturated heterocycles. The van der Waals surface area contributed by atoms with Crippen LogP contribution in [0.5, 0.6) is 11.5 Å². The van der Waals surface area contributed by atoms with E-state index in [1.165, 1.54) is 14.2 Å². The number of benzene rings is 3. The van der Waals surface area contributed by atoms with Gasteiger partial charge in [0.15, 0.2) is 11.5 Å². The molecule has 1 heterocycles. The Labute approximate surface area is 310 Å². The first kappa shape index (κ1) is 38.6. The number of nitrogens with zero attached hydrogens (tertiary/aromatic N) is 2. The molecule has 13 nitrogen and oxygen atoms in total. The van der Waals surface area contributed by atoms with Crippen LogP contribution in [0, 0.1) is 12.8 Å². The van der Waals surface area contributed by atoms with Crippen molar-refractivity contribution in [1.29, 1.82) is 0 Å². The number of nitrogens with one attached hydrogen (secondary N) is 3. The van der Waals surface area contributed by atoms with Crippen LogP contribution in [-0.2, 0) is 20.9 Å². The van der Waals surface area contributed by atoms with E-state index in [0.717, 1.165) is 35.3 Å². The Morgan fingerprint density at radius 2 is 1.57 bits per heavy atom. The number of carboxylic acid groups (broad SMARTS) is 1. The smallest absolute Gasteiger partial charge is 0.328 e. The minimum absolute atomic E-state index is 0.0789. The summed E-state index contributed by atoms with van der Waals surface area (Å²) in [5, 5.41) is 18.3. The van der Waals surface area contributed by atoms with Crippen molar-refractivity contribution < 1.29 is 38.6 Å². The molecule has 1 saturated carbocycles. The van der Waals surface area contributed by atoms with Crippen molar-refractivity contribution in [3.63, 3.8) is 0 Å². The Hall–Kier alpha value is -5.59. The van der Waals surface area contributed by atoms with Gasteiger partial charge < -0.3 is 35.4 Å². The van der Waals surface area contributed by atoms with E-state index < -0.39 is 53.9 Å². The predicted molar refractivity (Wildman–Crippen MR) is 200 cm³/mol. The second-order valence-corrected chi connectivity index (χ2v) is 14.1. The Morgan fingerprint density at radius 3 is 2.19 bits per heavy atom. The van der Waals surface area contributed by atoms with E-state index in [0.29, 0.717) is 41.3 Å². The normalized spacial score (nSPS) is 16.3. The monoisotopic (exact) mass is 727 g/mol. The average molecular weight is 728 g/mol. The van der Waals surface area contributed by atoms with E-state index in [4.69, 9.17) is 9.47 Å². The number of imide groups is 1. The van der Waals surface area contributed by atoms with Gasteiger partial charge in [-0.3, -0.25) is 14.4 Å². The van der Waals surface area contributed by atoms with E-state index in [-0.39, 0.29) is 18.9 Å². The zero-order chi connectivity index (χ0) is 38.3. The maximum absolute atomic E-state index is 14.6. The Balaban J connectivity index is 1.39. The van der Waals surface area contributed by atoms with Gasteiger partial charge in [-0.2, -0.15) is 0 Å². The lowest BCUT2D eigenvalue weighted by Gasteiger charge is -2.38. The summed E-state index contributed by atoms with van der Waals surface area (Å²) >= 11 is 0. The maximum atomic E-state index is 14.6. The molecular weight excluding hydrogens is 678 g/mol. The molecule has 1 spiro atoms. The Kier molecular flexibility index (Phi) is 12.3. The molecule has 0 unspecified atom stereocenters. The number of carbonyl (C=O) groups excluding carboxylic acids is 4. The van der Waals surface area contributed by atoms with Crippen molar-refractivity contribution >= 4 is 41.2 Å². The van der Waals surface area contributed by atoms with Gasteiger partial charge in [-0.25, -0.2) is 14.5 Å². The van der Waals surface area contributed by atoms with Crippen LogP contribution < -0.4 is 25.4 Å². The molecule has 0 bridgehead atoms. The lowest BCUT2D eigenvalue weighted by atomic mass is 9.80. The van der Waals surface area contributed by atoms with Crippen LogP contribution in [0.1, 0.15) is 81.5 Å². The van der Waals surface area contributed by atoms with Crippen LogP contribution in [0.15, 0.2) is 66.7 Å². The number of carboxylic acids is 1. The summed E-state index contributed by atoms with van der Waals surface area (Å²) in [7, 11) is 2.94. The number of urea groups is 2. The lowest BCUT2D eigenvalue weighted by molar-refractivity contribution is -0.142. The highest BCUT2D eigenvalue weighted by Gasteiger charge is 2.59. The molecule has 1 aliphatic heterocycles. The standard InChI is InChI=1S/C40H49N5O8/c1-25(2)21-32(36(48)42-31(23-35(46)47)28-15-18-33(52-4)34(22-28)53-5)45-37(49)40(19-9-6-10-20-40)44(39(45)51)24-27-13-16-29(17-14-27)41-38(50)43-30-12-8-7-11-26(30)3/h7-8,11-18,22,25,31-32H,6,9-10,19-21,23-24H2,1-5H3,(H,42,48)(H,46,47)(H2,41,43,50)/t31-,32+/m0/s1. The van der Waals surface area contributed by atoms with Crippen LogP contribution in [0.4, 0.5) is 21.0 Å². The predicted octanol–water partition coefficient (Wildman–Crippen LogP) is 6.87. The topological polar surface area (TPSA) is 167 Å². The first-order valence-corrected chi connectivity index (χ1v) is 18.0. The summed E-state index contributed by atoms with van der Waals surface area (Å²) < 4.78 is 10.7. The van der Waals surface area contributed by atoms with E-state index in [9.17, 15) is 29.1 Å². The number of ether oxygens (including phenoxy) is 2. The number of anilines is 2. The summed E-state index contributed by atoms with van der Waals surface area (Å²) in [5.41, 5.74) is 2.29. The zero-order valence-corrected chi connectivity index (χ0v) is 30.9. The Morgan fingerprint density at radius 1 is 0.887 bits per heavy atom. The van der Waals surface area contributed by atoms with Gasteiger partial charge in [-0.1, -0.05) is 69.5 Å². The lowest BCUT2D eigenvalue weighted by Crippen LogP contribution is -2.53. The molecule has 4 N–H and O–H groups in total. The summed E-state index contributed by atoms with van der Waals surface area (Å²) in [5.74, 6) is -1.44. The third-order valence-electron chi connectivity index (χ3n) is 10.0. The molecule has 2 atom stereocenters. The second-order valence-electron chi connectivity index (χ2n) is 14.1. The first-order valence-electron chi connectivity index (χ1n) is 18.0. The Bertz CT molecular complexity index is 1820. The molecule has 3 aromatic rings. The van der Waals surface area contributed by atoms with E-state index >= 15 is 0 Å². The molecule has 282 valence electrons. The largest absolute Gasteiger partial charge is 0.493 e. The van der Waals surface area contributed by atoms with Gasteiger partial charge in [0.2, 0.25) is 5.91 Å². The molecule has 3 aromatic carbocycles. The highest BCUT2D eigenvalue weighted by Crippen LogP contribution is 2.43. The number of carbonyl (C=O) groups is 5. The molecule has 2 fully saturated rings. The number of amides is 6. The van der Waals surface area contributed by atoms with Gasteiger partial charge in [0.05, 0.1) is 26.7 Å². The van der Waals surface area contributed by atoms with Gasteiger partial charge in [-0.15, -0.1) is 0 Å². The maximum Gasteiger partial charge on any atom is 0.328 e. The zero-order valence-electron chi connectivity index (χ0n) is 30.9. The number of aliphatic carboxylic acids is 1. The average Bonchev–Trinajstić information content (AvgIpc) is 3.32. The van der Waals surface area contributed by atoms with Crippen LogP contribution in [0.25, 0.3) is 0 Å². The molecule has 0 aromatic heterocycles. The summed E-state index contributed by atoms with van der Waals surface area (Å²) in [6.07, 6.45) is 3.12. The van der Waals surface area contributed by atoms with Crippen LogP contribution in [0.3, 0.4) is 0 Å². The number of hydrogen-bond donors (Lipinski definition) is 4. The van der Waals surface area contributed by atoms with Crippen molar-refractivity contribution in [2.45, 2.75) is 89.9 Å². The quantitative estimate of drug-likeness (QED) is 0.131. The number of aryl methyl sites for hydroxylation is 1. The van der Waals surface area contributed by atoms with Crippen LogP contribution in [-0.4, -0.2) is 70.6 Å². The van der Waals surface area contributed by atoms with Gasteiger partial charge in [0.1, 0.15) is 11.6 Å². The van der Waals surface area contributed by atoms with Crippen molar-refractivity contribution in [2.24, 2.45) is 5.92 Å². The fourth-order valence-electron chi connectivity index (χ4n) is 7.27. The molecule has 5 rings (SSSR count). The van der Waals surface area contributed by atoms with Gasteiger partial charge in [0, 0.05) is 17.9 Å². The van der Waals surface area contributed by atoms with Crippen molar-refractivity contribution in [3.8, 4) is 11.5 Å². The fourth-order valence-corrected chi connectivity index (χ4v) is 7.27. The van der Waals surface area contributed by atoms with E-state index in [2.05, 4.69) is 16.0 Å². The van der Waals surface area contributed by atoms with E-state index in [1.807, 2.05) is 45.0 Å². The van der Waals surface area contributed by atoms with Crippen molar-refractivity contribution in [3.05, 3.63) is 83.4 Å². The summed E-state index contributed by atoms with van der Waals surface area (Å²) in [6, 6.07) is 16.3. The second kappa shape index (κ2) is 16.8. The highest BCUT2D eigenvalue weighted by molar-refractivity contribution is 6.10. The number of hydrogen-bond acceptors (Lipinski definition) is 7. The molecular formula is C40H49N5O8. The molecule has 6 amide bonds. The van der Waals surface area contributed by atoms with Crippen LogP contribution >= 0.6 is 0 Å². The van der Waals surface area contributed by atoms with Crippen LogP contribution in [0.2, 0.25) is 0 Å². The fraction of sp³-hybridized carbons (Fsp3) is 0.425. The van der Waals surface area contributed by atoms with Gasteiger partial charge in [-0.05, 0) is 79.1 Å². The third-order valence-corrected chi connectivity index (χ3v) is 10.0.